The molecular formula is C22H31N5O3. The second-order valence-electron chi connectivity index (χ2n) is 8.69. The van der Waals surface area contributed by atoms with Gasteiger partial charge in [-0.25, -0.2) is 4.68 Å². The van der Waals surface area contributed by atoms with Gasteiger partial charge >= 0.3 is 0 Å². The number of hydrogen-bond acceptors (Lipinski definition) is 6. The van der Waals surface area contributed by atoms with Crippen molar-refractivity contribution in [1.29, 1.82) is 0 Å². The van der Waals surface area contributed by atoms with Crippen LogP contribution in [0.4, 0.5) is 0 Å². The smallest absolute Gasteiger partial charge is 0.236 e. The number of carbonyl (C=O) groups excluding carboxylic acids is 1. The molecule has 1 aromatic carbocycles. The maximum atomic E-state index is 12.5. The summed E-state index contributed by atoms with van der Waals surface area (Å²) in [6.45, 7) is 2.11. The number of ether oxygens (including phenoxy) is 2. The zero-order valence-corrected chi connectivity index (χ0v) is 18.2. The Labute approximate surface area is 177 Å². The lowest BCUT2D eigenvalue weighted by molar-refractivity contribution is -0.131. The van der Waals surface area contributed by atoms with Gasteiger partial charge < -0.3 is 19.3 Å². The molecule has 2 heterocycles. The van der Waals surface area contributed by atoms with Gasteiger partial charge in [-0.05, 0) is 50.9 Å². The monoisotopic (exact) mass is 413 g/mol. The molecule has 0 radical (unpaired) electrons. The minimum Gasteiger partial charge on any atom is -0.497 e. The van der Waals surface area contributed by atoms with Crippen molar-refractivity contribution >= 4 is 5.91 Å². The molecule has 8 nitrogen and oxygen atoms in total. The Morgan fingerprint density at radius 2 is 1.97 bits per heavy atom. The fourth-order valence-electron chi connectivity index (χ4n) is 4.85. The number of benzene rings is 1. The van der Waals surface area contributed by atoms with Crippen molar-refractivity contribution in [3.8, 4) is 17.0 Å². The van der Waals surface area contributed by atoms with E-state index in [1.807, 2.05) is 59.0 Å². The maximum absolute atomic E-state index is 12.5. The van der Waals surface area contributed by atoms with E-state index in [1.54, 1.807) is 14.2 Å². The maximum Gasteiger partial charge on any atom is 0.236 e. The van der Waals surface area contributed by atoms with E-state index >= 15 is 0 Å². The van der Waals surface area contributed by atoms with Crippen LogP contribution in [0.25, 0.3) is 11.3 Å². The Morgan fingerprint density at radius 3 is 2.67 bits per heavy atom. The molecule has 4 atom stereocenters. The molecule has 0 unspecified atom stereocenters. The average molecular weight is 414 g/mol. The number of aromatic nitrogens is 3. The van der Waals surface area contributed by atoms with Crippen LogP contribution in [0, 0.1) is 11.8 Å². The lowest BCUT2D eigenvalue weighted by Gasteiger charge is -2.36. The van der Waals surface area contributed by atoms with Crippen LogP contribution >= 0.6 is 0 Å². The van der Waals surface area contributed by atoms with Gasteiger partial charge in [-0.15, -0.1) is 5.10 Å². The number of carbonyl (C=O) groups is 1. The fourth-order valence-corrected chi connectivity index (χ4v) is 4.85. The molecule has 1 aliphatic carbocycles. The van der Waals surface area contributed by atoms with Crippen molar-refractivity contribution in [2.75, 3.05) is 47.9 Å². The van der Waals surface area contributed by atoms with Gasteiger partial charge in [-0.2, -0.15) is 0 Å². The van der Waals surface area contributed by atoms with Gasteiger partial charge in [0.05, 0.1) is 32.0 Å². The number of rotatable bonds is 6. The van der Waals surface area contributed by atoms with Gasteiger partial charge in [0, 0.05) is 25.8 Å². The highest BCUT2D eigenvalue weighted by Gasteiger charge is 2.44. The number of likely N-dealkylation sites (tertiary alicyclic amines) is 1. The molecular weight excluding hydrogens is 382 g/mol. The van der Waals surface area contributed by atoms with E-state index in [9.17, 15) is 4.79 Å². The molecule has 1 aliphatic heterocycles. The number of likely N-dealkylation sites (N-methyl/N-ethyl adjacent to an activating group) is 1. The summed E-state index contributed by atoms with van der Waals surface area (Å²) in [4.78, 5) is 16.5. The molecule has 162 valence electrons. The molecule has 1 saturated heterocycles. The standard InChI is InChI=1S/C22H31N5O3/c1-25(2)14-22(28)26-11-16-9-20(21(30-4)10-17(16)12-26)27-13-19(23-24-27)15-6-5-7-18(8-15)29-3/h5-8,13,16-17,20-21H,9-12,14H2,1-4H3/t16-,17+,20-,21-/m1/s1. The summed E-state index contributed by atoms with van der Waals surface area (Å²) in [5.74, 6) is 1.96. The van der Waals surface area contributed by atoms with Crippen molar-refractivity contribution in [3.63, 3.8) is 0 Å². The molecule has 2 fully saturated rings. The lowest BCUT2D eigenvalue weighted by atomic mass is 9.77. The first-order chi connectivity index (χ1) is 14.5. The first-order valence-corrected chi connectivity index (χ1v) is 10.5. The molecule has 1 amide bonds. The van der Waals surface area contributed by atoms with E-state index in [0.29, 0.717) is 18.4 Å². The summed E-state index contributed by atoms with van der Waals surface area (Å²) in [5, 5.41) is 8.84. The molecule has 1 aromatic heterocycles. The highest BCUT2D eigenvalue weighted by atomic mass is 16.5. The zero-order valence-electron chi connectivity index (χ0n) is 18.2. The van der Waals surface area contributed by atoms with Crippen molar-refractivity contribution < 1.29 is 14.3 Å². The number of fused-ring (bicyclic) bond motifs is 1. The summed E-state index contributed by atoms with van der Waals surface area (Å²) in [6.07, 6.45) is 3.94. The van der Waals surface area contributed by atoms with Gasteiger partial charge in [-0.3, -0.25) is 4.79 Å². The molecule has 2 aliphatic rings. The normalized spacial score (nSPS) is 26.1. The molecule has 8 heteroatoms. The Bertz CT molecular complexity index is 883. The second-order valence-corrected chi connectivity index (χ2v) is 8.69. The molecule has 1 saturated carbocycles. The van der Waals surface area contributed by atoms with Gasteiger partial charge in [-0.1, -0.05) is 17.3 Å². The van der Waals surface area contributed by atoms with Crippen molar-refractivity contribution in [1.82, 2.24) is 24.8 Å². The van der Waals surface area contributed by atoms with Crippen molar-refractivity contribution in [2.24, 2.45) is 11.8 Å². The Morgan fingerprint density at radius 1 is 1.20 bits per heavy atom. The molecule has 0 spiro atoms. The van der Waals surface area contributed by atoms with Crippen LogP contribution in [0.5, 0.6) is 5.75 Å². The lowest BCUT2D eigenvalue weighted by Crippen LogP contribution is -2.37. The Hall–Kier alpha value is -2.45. The summed E-state index contributed by atoms with van der Waals surface area (Å²) in [6, 6.07) is 7.96. The van der Waals surface area contributed by atoms with E-state index in [2.05, 4.69) is 10.3 Å². The second kappa shape index (κ2) is 8.73. The van der Waals surface area contributed by atoms with Crippen molar-refractivity contribution in [2.45, 2.75) is 25.0 Å². The SMILES string of the molecule is COc1cccc(-c2cn([C@@H]3C[C@@H]4CN(C(=O)CN(C)C)C[C@@H]4C[C@H]3OC)nn2)c1. The summed E-state index contributed by atoms with van der Waals surface area (Å²) < 4.78 is 13.1. The van der Waals surface area contributed by atoms with Gasteiger partial charge in [0.2, 0.25) is 5.91 Å². The van der Waals surface area contributed by atoms with Crippen LogP contribution in [-0.4, -0.2) is 84.8 Å². The van der Waals surface area contributed by atoms with Crippen LogP contribution in [0.3, 0.4) is 0 Å². The Kier molecular flexibility index (Phi) is 6.06. The molecule has 2 aromatic rings. The van der Waals surface area contributed by atoms with E-state index in [0.717, 1.165) is 42.9 Å². The van der Waals surface area contributed by atoms with Crippen molar-refractivity contribution in [3.05, 3.63) is 30.5 Å². The summed E-state index contributed by atoms with van der Waals surface area (Å²) in [5.41, 5.74) is 1.80. The minimum atomic E-state index is 0.0648. The third kappa shape index (κ3) is 4.20. The number of nitrogens with zero attached hydrogens (tertiary/aromatic N) is 5. The summed E-state index contributed by atoms with van der Waals surface area (Å²) in [7, 11) is 7.29. The van der Waals surface area contributed by atoms with Crippen LogP contribution in [0.15, 0.2) is 30.5 Å². The number of hydrogen-bond donors (Lipinski definition) is 0. The first kappa shape index (κ1) is 20.8. The number of amides is 1. The van der Waals surface area contributed by atoms with Crippen LogP contribution < -0.4 is 4.74 Å². The summed E-state index contributed by atoms with van der Waals surface area (Å²) >= 11 is 0. The predicted octanol–water partition coefficient (Wildman–Crippen LogP) is 1.94. The van der Waals surface area contributed by atoms with Gasteiger partial charge in [0.15, 0.2) is 0 Å². The van der Waals surface area contributed by atoms with Crippen LogP contribution in [0.2, 0.25) is 0 Å². The first-order valence-electron chi connectivity index (χ1n) is 10.5. The zero-order chi connectivity index (χ0) is 21.3. The highest BCUT2D eigenvalue weighted by molar-refractivity contribution is 5.78. The minimum absolute atomic E-state index is 0.0648. The molecule has 30 heavy (non-hydrogen) atoms. The van der Waals surface area contributed by atoms with Gasteiger partial charge in [0.1, 0.15) is 11.4 Å². The topological polar surface area (TPSA) is 72.7 Å². The molecule has 0 N–H and O–H groups in total. The third-order valence-corrected chi connectivity index (χ3v) is 6.41. The van der Waals surface area contributed by atoms with E-state index in [4.69, 9.17) is 9.47 Å². The number of methoxy groups -OCH3 is 2. The van der Waals surface area contributed by atoms with E-state index in [-0.39, 0.29) is 18.1 Å². The van der Waals surface area contributed by atoms with Crippen LogP contribution in [0.1, 0.15) is 18.9 Å². The Balaban J connectivity index is 1.50. The fraction of sp³-hybridized carbons (Fsp3) is 0.591. The largest absolute Gasteiger partial charge is 0.497 e. The third-order valence-electron chi connectivity index (χ3n) is 6.41. The highest BCUT2D eigenvalue weighted by Crippen LogP contribution is 2.42. The van der Waals surface area contributed by atoms with E-state index < -0.39 is 0 Å². The average Bonchev–Trinajstić information content (AvgIpc) is 3.39. The van der Waals surface area contributed by atoms with Gasteiger partial charge in [0.25, 0.3) is 0 Å². The van der Waals surface area contributed by atoms with Crippen LogP contribution in [-0.2, 0) is 9.53 Å². The molecule has 0 bridgehead atoms. The molecule has 4 rings (SSSR count). The quantitative estimate of drug-likeness (QED) is 0.721. The van der Waals surface area contributed by atoms with E-state index in [1.165, 1.54) is 0 Å². The predicted molar refractivity (Wildman–Crippen MR) is 113 cm³/mol.